The summed E-state index contributed by atoms with van der Waals surface area (Å²) in [6.07, 6.45) is 1.34. The Morgan fingerprint density at radius 3 is 3.12 bits per heavy atom. The zero-order valence-corrected chi connectivity index (χ0v) is 8.94. The number of nitrogens with one attached hydrogen (secondary N) is 1. The van der Waals surface area contributed by atoms with Crippen molar-refractivity contribution in [2.24, 2.45) is 0 Å². The molecule has 6 nitrogen and oxygen atoms in total. The molecule has 0 aromatic carbocycles. The number of anilines is 1. The smallest absolute Gasteiger partial charge is 0.339 e. The van der Waals surface area contributed by atoms with E-state index in [-0.39, 0.29) is 11.4 Å². The van der Waals surface area contributed by atoms with E-state index < -0.39 is 5.97 Å². The lowest BCUT2D eigenvalue weighted by Crippen LogP contribution is -2.09. The summed E-state index contributed by atoms with van der Waals surface area (Å²) in [5, 5.41) is 21.0. The van der Waals surface area contributed by atoms with Gasteiger partial charge < -0.3 is 10.4 Å². The van der Waals surface area contributed by atoms with Gasteiger partial charge in [-0.05, 0) is 6.07 Å². The number of nitrogens with zero attached hydrogens (tertiary/aromatic N) is 3. The number of aromatic carboxylic acids is 1. The molecular weight excluding hydrogens is 228 g/mol. The molecule has 0 bridgehead atoms. The second-order valence-corrected chi connectivity index (χ2v) is 3.65. The minimum Gasteiger partial charge on any atom is -0.478 e. The Morgan fingerprint density at radius 1 is 1.56 bits per heavy atom. The van der Waals surface area contributed by atoms with E-state index in [2.05, 4.69) is 20.5 Å². The monoisotopic (exact) mass is 236 g/mol. The van der Waals surface area contributed by atoms with Gasteiger partial charge in [0.05, 0.1) is 23.9 Å². The highest BCUT2D eigenvalue weighted by atomic mass is 32.1. The molecule has 0 radical (unpaired) electrons. The number of carboxylic acid groups (broad SMARTS) is 1. The fourth-order valence-electron chi connectivity index (χ4n) is 1.13. The standard InChI is InChI=1S/C9H8N4O2S/c14-9(15)7-1-2-12-13-8(7)10-3-6-4-16-5-11-6/h1-2,4-5H,3H2,(H,10,13)(H,14,15). The Balaban J connectivity index is 2.12. The van der Waals surface area contributed by atoms with E-state index in [1.807, 2.05) is 5.38 Å². The second-order valence-electron chi connectivity index (χ2n) is 2.93. The first kappa shape index (κ1) is 10.5. The van der Waals surface area contributed by atoms with Crippen molar-refractivity contribution in [2.75, 3.05) is 5.32 Å². The number of aromatic nitrogens is 3. The van der Waals surface area contributed by atoms with Crippen LogP contribution in [0.15, 0.2) is 23.2 Å². The lowest BCUT2D eigenvalue weighted by molar-refractivity contribution is 0.0697. The van der Waals surface area contributed by atoms with E-state index in [9.17, 15) is 4.79 Å². The first-order chi connectivity index (χ1) is 7.77. The van der Waals surface area contributed by atoms with Crippen molar-refractivity contribution in [3.8, 4) is 0 Å². The van der Waals surface area contributed by atoms with Gasteiger partial charge in [0, 0.05) is 5.38 Å². The highest BCUT2D eigenvalue weighted by Gasteiger charge is 2.10. The molecule has 2 heterocycles. The van der Waals surface area contributed by atoms with Crippen molar-refractivity contribution in [1.29, 1.82) is 0 Å². The zero-order valence-electron chi connectivity index (χ0n) is 8.12. The molecule has 2 N–H and O–H groups in total. The third-order valence-electron chi connectivity index (χ3n) is 1.87. The number of rotatable bonds is 4. The van der Waals surface area contributed by atoms with Crippen LogP contribution in [0, 0.1) is 0 Å². The maximum atomic E-state index is 10.9. The van der Waals surface area contributed by atoms with Crippen LogP contribution >= 0.6 is 11.3 Å². The van der Waals surface area contributed by atoms with Gasteiger partial charge in [-0.1, -0.05) is 0 Å². The van der Waals surface area contributed by atoms with Crippen molar-refractivity contribution in [3.05, 3.63) is 34.4 Å². The van der Waals surface area contributed by atoms with E-state index in [1.165, 1.54) is 23.6 Å². The number of carbonyl (C=O) groups is 1. The molecule has 82 valence electrons. The van der Waals surface area contributed by atoms with Crippen LogP contribution in [-0.2, 0) is 6.54 Å². The van der Waals surface area contributed by atoms with E-state index >= 15 is 0 Å². The largest absolute Gasteiger partial charge is 0.478 e. The minimum atomic E-state index is -1.03. The van der Waals surface area contributed by atoms with Crippen LogP contribution in [0.25, 0.3) is 0 Å². The molecule has 0 aliphatic heterocycles. The average Bonchev–Trinajstić information content (AvgIpc) is 2.79. The molecule has 2 aromatic rings. The molecule has 0 saturated carbocycles. The fraction of sp³-hybridized carbons (Fsp3) is 0.111. The summed E-state index contributed by atoms with van der Waals surface area (Å²) in [6, 6.07) is 1.40. The summed E-state index contributed by atoms with van der Waals surface area (Å²) < 4.78 is 0. The molecular formula is C9H8N4O2S. The maximum Gasteiger partial charge on any atom is 0.339 e. The van der Waals surface area contributed by atoms with Gasteiger partial charge in [0.25, 0.3) is 0 Å². The average molecular weight is 236 g/mol. The quantitative estimate of drug-likeness (QED) is 0.830. The SMILES string of the molecule is O=C(O)c1ccnnc1NCc1cscn1. The molecule has 2 aromatic heterocycles. The Morgan fingerprint density at radius 2 is 2.44 bits per heavy atom. The van der Waals surface area contributed by atoms with Gasteiger partial charge in [-0.2, -0.15) is 5.10 Å². The third kappa shape index (κ3) is 2.31. The normalized spacial score (nSPS) is 10.0. The van der Waals surface area contributed by atoms with Crippen LogP contribution in [0.1, 0.15) is 16.1 Å². The van der Waals surface area contributed by atoms with E-state index in [4.69, 9.17) is 5.11 Å². The molecule has 16 heavy (non-hydrogen) atoms. The number of hydrogen-bond acceptors (Lipinski definition) is 6. The van der Waals surface area contributed by atoms with Gasteiger partial charge in [-0.25, -0.2) is 9.78 Å². The fourth-order valence-corrected chi connectivity index (χ4v) is 1.69. The molecule has 0 amide bonds. The maximum absolute atomic E-state index is 10.9. The van der Waals surface area contributed by atoms with Crippen LogP contribution < -0.4 is 5.32 Å². The predicted octanol–water partition coefficient (Wildman–Crippen LogP) is 1.24. The zero-order chi connectivity index (χ0) is 11.4. The van der Waals surface area contributed by atoms with Crippen LogP contribution in [0.4, 0.5) is 5.82 Å². The third-order valence-corrected chi connectivity index (χ3v) is 2.51. The number of thiazole rings is 1. The summed E-state index contributed by atoms with van der Waals surface area (Å²) in [6.45, 7) is 0.433. The lowest BCUT2D eigenvalue weighted by Gasteiger charge is -2.05. The highest BCUT2D eigenvalue weighted by molar-refractivity contribution is 7.07. The van der Waals surface area contributed by atoms with Gasteiger partial charge in [0.2, 0.25) is 0 Å². The number of carboxylic acids is 1. The first-order valence-corrected chi connectivity index (χ1v) is 5.37. The Kier molecular flexibility index (Phi) is 3.06. The molecule has 0 saturated heterocycles. The summed E-state index contributed by atoms with van der Waals surface area (Å²) in [7, 11) is 0. The van der Waals surface area contributed by atoms with E-state index in [0.29, 0.717) is 6.54 Å². The van der Waals surface area contributed by atoms with E-state index in [1.54, 1.807) is 5.51 Å². The van der Waals surface area contributed by atoms with Crippen molar-refractivity contribution < 1.29 is 9.90 Å². The van der Waals surface area contributed by atoms with Crippen LogP contribution in [0.2, 0.25) is 0 Å². The van der Waals surface area contributed by atoms with Gasteiger partial charge in [0.1, 0.15) is 5.56 Å². The summed E-state index contributed by atoms with van der Waals surface area (Å²) in [5.41, 5.74) is 2.66. The molecule has 2 rings (SSSR count). The van der Waals surface area contributed by atoms with Crippen LogP contribution in [0.3, 0.4) is 0 Å². The Hall–Kier alpha value is -2.02. The van der Waals surface area contributed by atoms with Crippen LogP contribution in [-0.4, -0.2) is 26.3 Å². The van der Waals surface area contributed by atoms with E-state index in [0.717, 1.165) is 5.69 Å². The predicted molar refractivity (Wildman–Crippen MR) is 58.4 cm³/mol. The van der Waals surface area contributed by atoms with Gasteiger partial charge in [-0.3, -0.25) is 0 Å². The molecule has 0 aliphatic rings. The molecule has 0 atom stereocenters. The number of hydrogen-bond donors (Lipinski definition) is 2. The van der Waals surface area contributed by atoms with Gasteiger partial charge >= 0.3 is 5.97 Å². The summed E-state index contributed by atoms with van der Waals surface area (Å²) in [5.74, 6) is -0.779. The molecule has 0 unspecified atom stereocenters. The highest BCUT2D eigenvalue weighted by Crippen LogP contribution is 2.11. The molecule has 0 spiro atoms. The topological polar surface area (TPSA) is 88.0 Å². The Labute approximate surface area is 95.0 Å². The lowest BCUT2D eigenvalue weighted by atomic mass is 10.3. The first-order valence-electron chi connectivity index (χ1n) is 4.43. The van der Waals surface area contributed by atoms with Crippen LogP contribution in [0.5, 0.6) is 0 Å². The minimum absolute atomic E-state index is 0.102. The second kappa shape index (κ2) is 4.67. The van der Waals surface area contributed by atoms with Crippen molar-refractivity contribution in [1.82, 2.24) is 15.2 Å². The molecule has 0 aliphatic carbocycles. The molecule has 0 fully saturated rings. The van der Waals surface area contributed by atoms with Crippen molar-refractivity contribution in [2.45, 2.75) is 6.54 Å². The molecule has 7 heteroatoms. The van der Waals surface area contributed by atoms with Gasteiger partial charge in [0.15, 0.2) is 5.82 Å². The summed E-state index contributed by atoms with van der Waals surface area (Å²) >= 11 is 1.48. The van der Waals surface area contributed by atoms with Gasteiger partial charge in [-0.15, -0.1) is 16.4 Å². The van der Waals surface area contributed by atoms with Crippen molar-refractivity contribution in [3.63, 3.8) is 0 Å². The Bertz CT molecular complexity index is 486. The summed E-state index contributed by atoms with van der Waals surface area (Å²) in [4.78, 5) is 14.9. The van der Waals surface area contributed by atoms with Crippen molar-refractivity contribution >= 4 is 23.1 Å².